The third kappa shape index (κ3) is 4.50. The maximum absolute atomic E-state index is 13.7. The number of ether oxygens (including phenoxy) is 1. The minimum Gasteiger partial charge on any atom is -0.394 e. The fraction of sp³-hybridized carbons (Fsp3) is 0.455. The van der Waals surface area contributed by atoms with Gasteiger partial charge in [-0.25, -0.2) is 22.8 Å². The van der Waals surface area contributed by atoms with E-state index in [1.165, 1.54) is 17.5 Å². The summed E-state index contributed by atoms with van der Waals surface area (Å²) in [5.74, 6) is -4.39. The first-order valence-electron chi connectivity index (χ1n) is 11.1. The summed E-state index contributed by atoms with van der Waals surface area (Å²) in [7, 11) is 0. The molecule has 1 unspecified atom stereocenters. The van der Waals surface area contributed by atoms with Crippen molar-refractivity contribution in [2.24, 2.45) is 5.16 Å². The van der Waals surface area contributed by atoms with Crippen molar-refractivity contribution >= 4 is 17.0 Å². The van der Waals surface area contributed by atoms with Crippen LogP contribution in [0.25, 0.3) is 11.3 Å². The Labute approximate surface area is 206 Å². The van der Waals surface area contributed by atoms with Crippen LogP contribution in [0, 0.1) is 24.4 Å². The van der Waals surface area contributed by atoms with Crippen LogP contribution in [0.3, 0.4) is 0 Å². The Hall–Kier alpha value is -2.91. The van der Waals surface area contributed by atoms with Gasteiger partial charge in [-0.1, -0.05) is 10.4 Å². The van der Waals surface area contributed by atoms with Crippen molar-refractivity contribution in [2.45, 2.75) is 56.3 Å². The number of hydrogen-bond acceptors (Lipinski definition) is 10. The predicted molar refractivity (Wildman–Crippen MR) is 119 cm³/mol. The lowest BCUT2D eigenvalue weighted by atomic mass is 9.89. The van der Waals surface area contributed by atoms with Crippen molar-refractivity contribution in [3.63, 3.8) is 0 Å². The highest BCUT2D eigenvalue weighted by molar-refractivity contribution is 7.09. The smallest absolute Gasteiger partial charge is 0.194 e. The summed E-state index contributed by atoms with van der Waals surface area (Å²) >= 11 is 1.46. The van der Waals surface area contributed by atoms with Gasteiger partial charge in [0.25, 0.3) is 0 Å². The summed E-state index contributed by atoms with van der Waals surface area (Å²) in [4.78, 5) is 10.7. The van der Waals surface area contributed by atoms with E-state index in [-0.39, 0.29) is 23.8 Å². The lowest BCUT2D eigenvalue weighted by molar-refractivity contribution is -0.203. The van der Waals surface area contributed by atoms with Gasteiger partial charge < -0.3 is 24.9 Å². The van der Waals surface area contributed by atoms with Crippen molar-refractivity contribution in [1.29, 1.82) is 0 Å². The average Bonchev–Trinajstić information content (AvgIpc) is 3.60. The summed E-state index contributed by atoms with van der Waals surface area (Å²) in [6.45, 7) is 1.34. The summed E-state index contributed by atoms with van der Waals surface area (Å²) in [6, 6.07) is 0.421. The van der Waals surface area contributed by atoms with Crippen LogP contribution in [-0.4, -0.2) is 72.0 Å². The minimum atomic E-state index is -1.61. The Balaban J connectivity index is 1.35. The van der Waals surface area contributed by atoms with Crippen molar-refractivity contribution in [2.75, 3.05) is 6.61 Å². The number of oxime groups is 1. The van der Waals surface area contributed by atoms with E-state index in [0.29, 0.717) is 12.1 Å². The van der Waals surface area contributed by atoms with Gasteiger partial charge in [0.2, 0.25) is 0 Å². The first kappa shape index (κ1) is 24.8. The highest BCUT2D eigenvalue weighted by Crippen LogP contribution is 2.36. The molecule has 3 N–H and O–H groups in total. The predicted octanol–water partition coefficient (Wildman–Crippen LogP) is 2.06. The van der Waals surface area contributed by atoms with Crippen LogP contribution in [-0.2, 0) is 9.57 Å². The summed E-state index contributed by atoms with van der Waals surface area (Å²) in [6.07, 6.45) is -3.05. The van der Waals surface area contributed by atoms with Crippen molar-refractivity contribution < 1.29 is 38.1 Å². The SMILES string of the molecule is Cc1ncsc1C1CC(C[C@H]2O[C@H](CO)[C@H](O)[C@H](n3cc(-c4cc(F)c(F)c(F)c4)nn3)[C@H]2O)=NO1. The second-order valence-corrected chi connectivity index (χ2v) is 9.55. The number of hydrogen-bond donors (Lipinski definition) is 3. The molecule has 0 spiro atoms. The number of aliphatic hydroxyl groups excluding tert-OH is 3. The molecule has 14 heteroatoms. The van der Waals surface area contributed by atoms with E-state index in [2.05, 4.69) is 20.5 Å². The molecule has 1 saturated heterocycles. The van der Waals surface area contributed by atoms with Crippen LogP contribution in [0.2, 0.25) is 0 Å². The monoisotopic (exact) mass is 525 g/mol. The number of nitrogens with zero attached hydrogens (tertiary/aromatic N) is 5. The first-order valence-corrected chi connectivity index (χ1v) is 12.0. The zero-order valence-corrected chi connectivity index (χ0v) is 19.6. The van der Waals surface area contributed by atoms with Crippen LogP contribution >= 0.6 is 11.3 Å². The lowest BCUT2D eigenvalue weighted by Gasteiger charge is -2.42. The molecule has 0 amide bonds. The van der Waals surface area contributed by atoms with Gasteiger partial charge in [-0.3, -0.25) is 0 Å². The molecular weight excluding hydrogens is 503 g/mol. The Morgan fingerprint density at radius 2 is 1.86 bits per heavy atom. The fourth-order valence-corrected chi connectivity index (χ4v) is 5.28. The molecule has 2 aliphatic heterocycles. The quantitative estimate of drug-likeness (QED) is 0.417. The Morgan fingerprint density at radius 1 is 1.14 bits per heavy atom. The first-order chi connectivity index (χ1) is 17.3. The number of halogens is 3. The van der Waals surface area contributed by atoms with E-state index in [1.54, 1.807) is 5.51 Å². The van der Waals surface area contributed by atoms with Crippen LogP contribution in [0.15, 0.2) is 29.0 Å². The van der Waals surface area contributed by atoms with E-state index in [4.69, 9.17) is 9.57 Å². The van der Waals surface area contributed by atoms with Gasteiger partial charge >= 0.3 is 0 Å². The highest BCUT2D eigenvalue weighted by Gasteiger charge is 2.46. The molecule has 3 aromatic rings. The van der Waals surface area contributed by atoms with Gasteiger partial charge in [0.05, 0.1) is 40.7 Å². The molecular formula is C22H22F3N5O5S. The van der Waals surface area contributed by atoms with Crippen molar-refractivity contribution in [3.05, 3.63) is 51.9 Å². The van der Waals surface area contributed by atoms with Gasteiger partial charge in [0, 0.05) is 18.4 Å². The fourth-order valence-electron chi connectivity index (χ4n) is 4.46. The van der Waals surface area contributed by atoms with Gasteiger partial charge in [0.1, 0.15) is 30.0 Å². The van der Waals surface area contributed by atoms with Crippen LogP contribution < -0.4 is 0 Å². The third-order valence-electron chi connectivity index (χ3n) is 6.33. The Kier molecular flexibility index (Phi) is 6.78. The zero-order valence-electron chi connectivity index (χ0n) is 18.8. The summed E-state index contributed by atoms with van der Waals surface area (Å²) < 4.78 is 47.6. The molecule has 0 saturated carbocycles. The maximum Gasteiger partial charge on any atom is 0.194 e. The molecule has 192 valence electrons. The number of thiazole rings is 1. The number of benzene rings is 1. The van der Waals surface area contributed by atoms with Gasteiger partial charge in [-0.15, -0.1) is 16.4 Å². The second-order valence-electron chi connectivity index (χ2n) is 8.67. The Bertz CT molecular complexity index is 1260. The minimum absolute atomic E-state index is 0.00729. The molecule has 5 rings (SSSR count). The maximum atomic E-state index is 13.7. The van der Waals surface area contributed by atoms with Crippen molar-refractivity contribution in [1.82, 2.24) is 20.0 Å². The van der Waals surface area contributed by atoms with E-state index in [1.807, 2.05) is 6.92 Å². The lowest BCUT2D eigenvalue weighted by Crippen LogP contribution is -2.56. The van der Waals surface area contributed by atoms with E-state index < -0.39 is 54.5 Å². The molecule has 36 heavy (non-hydrogen) atoms. The standard InChI is InChI=1S/C22H22F3N5O5S/c1-9-22(36-8-26-9)16-5-11(28-35-16)4-15-20(32)19(21(33)17(7-31)34-15)30-6-14(27-29-30)10-2-12(23)18(25)13(24)3-10/h2-3,6,8,15-17,19-21,31-33H,4-5,7H2,1H3/t15-,16?,17-,19-,20+,21+/m1/s1. The molecule has 10 nitrogen and oxygen atoms in total. The van der Waals surface area contributed by atoms with Gasteiger partial charge in [0.15, 0.2) is 23.6 Å². The van der Waals surface area contributed by atoms with Gasteiger partial charge in [-0.2, -0.15) is 0 Å². The number of aliphatic hydroxyl groups is 3. The molecule has 0 radical (unpaired) electrons. The molecule has 4 heterocycles. The summed E-state index contributed by atoms with van der Waals surface area (Å²) in [5.41, 5.74) is 3.11. The number of aryl methyl sites for hydroxylation is 1. The van der Waals surface area contributed by atoms with Crippen LogP contribution in [0.1, 0.15) is 35.6 Å². The molecule has 2 aromatic heterocycles. The summed E-state index contributed by atoms with van der Waals surface area (Å²) in [5, 5.41) is 43.5. The largest absolute Gasteiger partial charge is 0.394 e. The van der Waals surface area contributed by atoms with E-state index in [0.717, 1.165) is 27.4 Å². The number of aromatic nitrogens is 4. The van der Waals surface area contributed by atoms with E-state index >= 15 is 0 Å². The molecule has 0 aliphatic carbocycles. The highest BCUT2D eigenvalue weighted by atomic mass is 32.1. The second kappa shape index (κ2) is 9.86. The molecule has 0 bridgehead atoms. The number of rotatable bonds is 6. The van der Waals surface area contributed by atoms with E-state index in [9.17, 15) is 28.5 Å². The Morgan fingerprint density at radius 3 is 2.53 bits per heavy atom. The van der Waals surface area contributed by atoms with Crippen LogP contribution in [0.4, 0.5) is 13.2 Å². The average molecular weight is 526 g/mol. The van der Waals surface area contributed by atoms with Gasteiger partial charge in [-0.05, 0) is 19.1 Å². The zero-order chi connectivity index (χ0) is 25.6. The topological polar surface area (TPSA) is 135 Å². The normalized spacial score (nSPS) is 28.2. The van der Waals surface area contributed by atoms with Crippen LogP contribution in [0.5, 0.6) is 0 Å². The molecule has 2 aliphatic rings. The molecule has 1 aromatic carbocycles. The molecule has 6 atom stereocenters. The van der Waals surface area contributed by atoms with Crippen molar-refractivity contribution in [3.8, 4) is 11.3 Å². The third-order valence-corrected chi connectivity index (χ3v) is 7.35. The molecule has 1 fully saturated rings.